The molecule has 0 amide bonds. The van der Waals surface area contributed by atoms with Crippen LogP contribution in [0.1, 0.15) is 17.0 Å². The Morgan fingerprint density at radius 2 is 2.07 bits per heavy atom. The minimum atomic E-state index is -0.412. The molecule has 1 N–H and O–H groups in total. The molecule has 3 rings (SSSR count). The number of carbonyl (C=O) groups is 1. The number of rotatable bonds is 8. The molecular formula is C19H14BrClFN3O4. The van der Waals surface area contributed by atoms with Crippen LogP contribution in [0.3, 0.4) is 0 Å². The predicted octanol–water partition coefficient (Wildman–Crippen LogP) is 4.24. The summed E-state index contributed by atoms with van der Waals surface area (Å²) in [6.45, 7) is -0.205. The Bertz CT molecular complexity index is 1060. The quantitative estimate of drug-likeness (QED) is 0.293. The summed E-state index contributed by atoms with van der Waals surface area (Å²) in [4.78, 5) is 12.3. The van der Waals surface area contributed by atoms with Gasteiger partial charge in [-0.05, 0) is 57.0 Å². The van der Waals surface area contributed by atoms with E-state index in [0.717, 1.165) is 0 Å². The van der Waals surface area contributed by atoms with Crippen molar-refractivity contribution < 1.29 is 23.8 Å². The maximum Gasteiger partial charge on any atom is 0.176 e. The van der Waals surface area contributed by atoms with Crippen molar-refractivity contribution in [3.8, 4) is 5.75 Å². The average molecular weight is 483 g/mol. The van der Waals surface area contributed by atoms with E-state index >= 15 is 0 Å². The van der Waals surface area contributed by atoms with Gasteiger partial charge in [0.15, 0.2) is 11.5 Å². The molecule has 0 unspecified atom stereocenters. The number of nitrogens with zero attached hydrogens (tertiary/aromatic N) is 3. The number of benzene rings is 2. The zero-order valence-electron chi connectivity index (χ0n) is 14.8. The van der Waals surface area contributed by atoms with Crippen molar-refractivity contribution in [2.24, 2.45) is 5.16 Å². The van der Waals surface area contributed by atoms with E-state index in [1.54, 1.807) is 36.4 Å². The van der Waals surface area contributed by atoms with Crippen molar-refractivity contribution in [1.29, 1.82) is 0 Å². The lowest BCUT2D eigenvalue weighted by Crippen LogP contribution is -2.17. The number of hydrogen-bond acceptors (Lipinski definition) is 7. The molecule has 150 valence electrons. The molecule has 29 heavy (non-hydrogen) atoms. The van der Waals surface area contributed by atoms with Gasteiger partial charge in [-0.25, -0.2) is 9.02 Å². The molecule has 0 aliphatic carbocycles. The normalized spacial score (nSPS) is 11.5. The van der Waals surface area contributed by atoms with Gasteiger partial charge in [-0.2, -0.15) is 0 Å². The molecule has 1 aromatic heterocycles. The van der Waals surface area contributed by atoms with E-state index < -0.39 is 5.82 Å². The summed E-state index contributed by atoms with van der Waals surface area (Å²) in [5.74, 6) is -0.238. The highest BCUT2D eigenvalue weighted by Crippen LogP contribution is 2.19. The van der Waals surface area contributed by atoms with Crippen molar-refractivity contribution >= 4 is 39.0 Å². The lowest BCUT2D eigenvalue weighted by molar-refractivity contribution is -0.120. The van der Waals surface area contributed by atoms with E-state index in [2.05, 4.69) is 31.4 Å². The summed E-state index contributed by atoms with van der Waals surface area (Å²) in [6, 6.07) is 11.1. The fraction of sp³-hybridized carbons (Fsp3) is 0.158. The van der Waals surface area contributed by atoms with Crippen LogP contribution in [0.15, 0.2) is 56.7 Å². The van der Waals surface area contributed by atoms with Gasteiger partial charge in [-0.3, -0.25) is 4.79 Å². The Morgan fingerprint density at radius 1 is 1.24 bits per heavy atom. The topological polar surface area (TPSA) is 97.8 Å². The number of Topliss-reactive ketones (excluding diaryl/α,β-unsaturated/α-hetero) is 1. The van der Waals surface area contributed by atoms with Crippen LogP contribution in [0, 0.1) is 5.82 Å². The molecule has 0 radical (unpaired) electrons. The lowest BCUT2D eigenvalue weighted by atomic mass is 10.0. The number of carbonyl (C=O) groups excluding carboxylic acids is 1. The van der Waals surface area contributed by atoms with E-state index in [-0.39, 0.29) is 46.8 Å². The highest BCUT2D eigenvalue weighted by atomic mass is 79.9. The number of oxime groups is 1. The van der Waals surface area contributed by atoms with E-state index in [0.29, 0.717) is 16.3 Å². The summed E-state index contributed by atoms with van der Waals surface area (Å²) >= 11 is 8.98. The smallest absolute Gasteiger partial charge is 0.176 e. The first-order chi connectivity index (χ1) is 14.0. The minimum Gasteiger partial charge on any atom is -0.486 e. The minimum absolute atomic E-state index is 0.128. The second-order valence-corrected chi connectivity index (χ2v) is 7.28. The maximum absolute atomic E-state index is 13.4. The number of hydrogen-bond donors (Lipinski definition) is 1. The molecule has 0 fully saturated rings. The molecule has 3 aromatic rings. The second-order valence-electron chi connectivity index (χ2n) is 5.99. The molecule has 0 aliphatic rings. The first-order valence-corrected chi connectivity index (χ1v) is 9.50. The molecule has 0 saturated carbocycles. The highest BCUT2D eigenvalue weighted by Gasteiger charge is 2.20. The molecule has 0 atom stereocenters. The Hall–Kier alpha value is -2.78. The van der Waals surface area contributed by atoms with E-state index in [9.17, 15) is 14.4 Å². The summed E-state index contributed by atoms with van der Waals surface area (Å²) < 4.78 is 23.8. The van der Waals surface area contributed by atoms with Gasteiger partial charge < -0.3 is 9.94 Å². The molecule has 0 spiro atoms. The average Bonchev–Trinajstić information content (AvgIpc) is 3.15. The standard InChI is InChI=1S/C19H14BrClFN3O4/c20-15-6-11(4-5-16(15)22)7-17(23-27)19-18(24-29-25-19)9-13(26)10-28-14-3-1-2-12(21)8-14/h1-6,8,27H,7,9-10H2/b23-17+. The molecule has 10 heteroatoms. The van der Waals surface area contributed by atoms with E-state index in [1.165, 1.54) is 6.07 Å². The Labute approximate surface area is 178 Å². The number of ketones is 1. The van der Waals surface area contributed by atoms with Crippen LogP contribution in [0.5, 0.6) is 5.75 Å². The number of halogens is 3. The van der Waals surface area contributed by atoms with Crippen LogP contribution in [-0.4, -0.2) is 33.6 Å². The highest BCUT2D eigenvalue weighted by molar-refractivity contribution is 9.10. The van der Waals surface area contributed by atoms with Gasteiger partial charge in [0, 0.05) is 11.4 Å². The molecule has 0 aliphatic heterocycles. The monoisotopic (exact) mass is 481 g/mol. The van der Waals surface area contributed by atoms with E-state index in [4.69, 9.17) is 21.0 Å². The van der Waals surface area contributed by atoms with E-state index in [1.807, 2.05) is 0 Å². The lowest BCUT2D eigenvalue weighted by Gasteiger charge is -2.06. The van der Waals surface area contributed by atoms with Crippen molar-refractivity contribution in [1.82, 2.24) is 10.3 Å². The van der Waals surface area contributed by atoms with Crippen LogP contribution in [0.4, 0.5) is 4.39 Å². The number of aromatic nitrogens is 2. The van der Waals surface area contributed by atoms with Gasteiger partial charge >= 0.3 is 0 Å². The Morgan fingerprint density at radius 3 is 2.79 bits per heavy atom. The van der Waals surface area contributed by atoms with Crippen LogP contribution in [-0.2, 0) is 17.6 Å². The second kappa shape index (κ2) is 9.62. The largest absolute Gasteiger partial charge is 0.486 e. The molecule has 0 saturated heterocycles. The van der Waals surface area contributed by atoms with Gasteiger partial charge in [0.2, 0.25) is 0 Å². The maximum atomic E-state index is 13.4. The SMILES string of the molecule is O=C(COc1cccc(Cl)c1)Cc1nonc1/C(Cc1ccc(F)c(Br)c1)=N/O. The summed E-state index contributed by atoms with van der Waals surface area (Å²) in [5, 5.41) is 20.6. The molecule has 1 heterocycles. The van der Waals surface area contributed by atoms with Gasteiger partial charge in [0.05, 0.1) is 10.9 Å². The third-order valence-corrected chi connectivity index (χ3v) is 4.71. The molecule has 0 bridgehead atoms. The summed E-state index contributed by atoms with van der Waals surface area (Å²) in [7, 11) is 0. The van der Waals surface area contributed by atoms with Crippen molar-refractivity contribution in [2.45, 2.75) is 12.8 Å². The Balaban J connectivity index is 1.67. The van der Waals surface area contributed by atoms with Crippen LogP contribution >= 0.6 is 27.5 Å². The van der Waals surface area contributed by atoms with Gasteiger partial charge in [0.1, 0.15) is 29.6 Å². The zero-order chi connectivity index (χ0) is 20.8. The van der Waals surface area contributed by atoms with Crippen LogP contribution in [0.25, 0.3) is 0 Å². The third kappa shape index (κ3) is 5.61. The Kier molecular flexibility index (Phi) is 6.95. The first kappa shape index (κ1) is 20.9. The number of ether oxygens (including phenoxy) is 1. The first-order valence-electron chi connectivity index (χ1n) is 8.33. The molecular weight excluding hydrogens is 469 g/mol. The summed E-state index contributed by atoms with van der Waals surface area (Å²) in [6.07, 6.45) is -0.00463. The fourth-order valence-corrected chi connectivity index (χ4v) is 3.12. The molecule has 2 aromatic carbocycles. The van der Waals surface area contributed by atoms with Crippen molar-refractivity contribution in [3.05, 3.63) is 74.7 Å². The fourth-order valence-electron chi connectivity index (χ4n) is 2.51. The van der Waals surface area contributed by atoms with Gasteiger partial charge in [-0.15, -0.1) is 0 Å². The van der Waals surface area contributed by atoms with Crippen LogP contribution < -0.4 is 4.74 Å². The van der Waals surface area contributed by atoms with Gasteiger partial charge in [-0.1, -0.05) is 34.0 Å². The predicted molar refractivity (Wildman–Crippen MR) is 106 cm³/mol. The third-order valence-electron chi connectivity index (χ3n) is 3.87. The zero-order valence-corrected chi connectivity index (χ0v) is 17.2. The molecule has 7 nitrogen and oxygen atoms in total. The van der Waals surface area contributed by atoms with Crippen molar-refractivity contribution in [2.75, 3.05) is 6.61 Å². The van der Waals surface area contributed by atoms with Gasteiger partial charge in [0.25, 0.3) is 0 Å². The van der Waals surface area contributed by atoms with Crippen LogP contribution in [0.2, 0.25) is 5.02 Å². The van der Waals surface area contributed by atoms with Crippen molar-refractivity contribution in [3.63, 3.8) is 0 Å². The summed E-state index contributed by atoms with van der Waals surface area (Å²) in [5.41, 5.74) is 1.14.